The van der Waals surface area contributed by atoms with E-state index in [9.17, 15) is 9.50 Å². The van der Waals surface area contributed by atoms with E-state index in [-0.39, 0.29) is 18.5 Å². The lowest BCUT2D eigenvalue weighted by atomic mass is 9.82. The van der Waals surface area contributed by atoms with Gasteiger partial charge in [0, 0.05) is 22.5 Å². The molecule has 0 heterocycles. The van der Waals surface area contributed by atoms with Gasteiger partial charge in [0.15, 0.2) is 0 Å². The molecule has 84 valence electrons. The van der Waals surface area contributed by atoms with E-state index in [2.05, 4.69) is 15.9 Å². The van der Waals surface area contributed by atoms with Gasteiger partial charge in [-0.1, -0.05) is 35.8 Å². The number of nitrogens with two attached hydrogens (primary N) is 1. The van der Waals surface area contributed by atoms with Crippen LogP contribution in [0.1, 0.15) is 25.5 Å². The molecule has 2 nitrogen and oxygen atoms in total. The van der Waals surface area contributed by atoms with Crippen LogP contribution in [0.15, 0.2) is 22.7 Å². The molecule has 1 aromatic carbocycles. The van der Waals surface area contributed by atoms with Crippen molar-refractivity contribution in [3.8, 4) is 0 Å². The van der Waals surface area contributed by atoms with Crippen molar-refractivity contribution in [2.75, 3.05) is 6.61 Å². The molecular formula is C11H15BrFNO. The summed E-state index contributed by atoms with van der Waals surface area (Å²) < 4.78 is 13.5. The number of benzene rings is 1. The maximum absolute atomic E-state index is 12.9. The van der Waals surface area contributed by atoms with E-state index in [0.717, 1.165) is 5.56 Å². The van der Waals surface area contributed by atoms with Gasteiger partial charge in [-0.3, -0.25) is 0 Å². The molecule has 3 N–H and O–H groups in total. The minimum atomic E-state index is -0.430. The minimum Gasteiger partial charge on any atom is -0.396 e. The summed E-state index contributed by atoms with van der Waals surface area (Å²) in [5.74, 6) is -0.306. The molecule has 0 radical (unpaired) electrons. The number of rotatable bonds is 3. The van der Waals surface area contributed by atoms with E-state index in [1.54, 1.807) is 6.07 Å². The van der Waals surface area contributed by atoms with Crippen molar-refractivity contribution in [1.82, 2.24) is 0 Å². The van der Waals surface area contributed by atoms with Crippen LogP contribution in [0.4, 0.5) is 4.39 Å². The normalized spacial score (nSPS) is 14.0. The Bertz CT molecular complexity index is 354. The molecule has 0 unspecified atom stereocenters. The first kappa shape index (κ1) is 12.6. The Morgan fingerprint density at radius 1 is 1.53 bits per heavy atom. The van der Waals surface area contributed by atoms with Crippen LogP contribution < -0.4 is 5.73 Å². The zero-order valence-electron chi connectivity index (χ0n) is 8.80. The summed E-state index contributed by atoms with van der Waals surface area (Å²) in [7, 11) is 0. The summed E-state index contributed by atoms with van der Waals surface area (Å²) in [6.45, 7) is 3.72. The van der Waals surface area contributed by atoms with Crippen molar-refractivity contribution in [2.24, 2.45) is 11.1 Å². The Hall–Kier alpha value is -0.450. The number of hydrogen-bond donors (Lipinski definition) is 2. The third kappa shape index (κ3) is 2.77. The fraction of sp³-hybridized carbons (Fsp3) is 0.455. The van der Waals surface area contributed by atoms with Gasteiger partial charge in [0.1, 0.15) is 5.82 Å². The fourth-order valence-corrected chi connectivity index (χ4v) is 1.87. The van der Waals surface area contributed by atoms with Crippen LogP contribution in [0.5, 0.6) is 0 Å². The predicted molar refractivity (Wildman–Crippen MR) is 61.9 cm³/mol. The van der Waals surface area contributed by atoms with Gasteiger partial charge in [0.05, 0.1) is 0 Å². The highest BCUT2D eigenvalue weighted by molar-refractivity contribution is 9.10. The first-order valence-corrected chi connectivity index (χ1v) is 5.49. The van der Waals surface area contributed by atoms with Crippen LogP contribution in [0.25, 0.3) is 0 Å². The second kappa shape index (κ2) is 4.60. The van der Waals surface area contributed by atoms with Gasteiger partial charge in [0.2, 0.25) is 0 Å². The molecule has 1 atom stereocenters. The van der Waals surface area contributed by atoms with Gasteiger partial charge in [0.25, 0.3) is 0 Å². The Morgan fingerprint density at radius 3 is 2.60 bits per heavy atom. The molecule has 0 aromatic heterocycles. The lowest BCUT2D eigenvalue weighted by Gasteiger charge is -2.30. The van der Waals surface area contributed by atoms with Crippen LogP contribution in [-0.4, -0.2) is 11.7 Å². The summed E-state index contributed by atoms with van der Waals surface area (Å²) in [5, 5.41) is 9.20. The Kier molecular flexibility index (Phi) is 3.87. The maximum Gasteiger partial charge on any atom is 0.124 e. The molecule has 0 aliphatic heterocycles. The van der Waals surface area contributed by atoms with Crippen LogP contribution in [-0.2, 0) is 0 Å². The highest BCUT2D eigenvalue weighted by Crippen LogP contribution is 2.34. The van der Waals surface area contributed by atoms with E-state index >= 15 is 0 Å². The maximum atomic E-state index is 12.9. The fourth-order valence-electron chi connectivity index (χ4n) is 1.27. The third-order valence-electron chi connectivity index (χ3n) is 2.55. The van der Waals surface area contributed by atoms with Crippen molar-refractivity contribution in [3.05, 3.63) is 34.1 Å². The average Bonchev–Trinajstić information content (AvgIpc) is 2.17. The molecule has 1 aromatic rings. The van der Waals surface area contributed by atoms with Crippen LogP contribution in [0, 0.1) is 11.2 Å². The Labute approximate surface area is 97.4 Å². The van der Waals surface area contributed by atoms with E-state index in [1.807, 2.05) is 13.8 Å². The van der Waals surface area contributed by atoms with Gasteiger partial charge in [-0.2, -0.15) is 0 Å². The van der Waals surface area contributed by atoms with E-state index in [0.29, 0.717) is 4.47 Å². The van der Waals surface area contributed by atoms with Crippen LogP contribution in [0.2, 0.25) is 0 Å². The number of aliphatic hydroxyl groups excluding tert-OH is 1. The molecular weight excluding hydrogens is 261 g/mol. The van der Waals surface area contributed by atoms with Gasteiger partial charge < -0.3 is 10.8 Å². The predicted octanol–water partition coefficient (Wildman–Crippen LogP) is 2.61. The quantitative estimate of drug-likeness (QED) is 0.891. The molecule has 0 fully saturated rings. The summed E-state index contributed by atoms with van der Waals surface area (Å²) in [4.78, 5) is 0. The average molecular weight is 276 g/mol. The lowest BCUT2D eigenvalue weighted by Crippen LogP contribution is -2.32. The summed E-state index contributed by atoms with van der Waals surface area (Å²) >= 11 is 3.27. The van der Waals surface area contributed by atoms with Gasteiger partial charge in [-0.25, -0.2) is 4.39 Å². The smallest absolute Gasteiger partial charge is 0.124 e. The van der Waals surface area contributed by atoms with Gasteiger partial charge >= 0.3 is 0 Å². The van der Waals surface area contributed by atoms with Crippen molar-refractivity contribution in [2.45, 2.75) is 19.9 Å². The second-order valence-corrected chi connectivity index (χ2v) is 5.14. The summed E-state index contributed by atoms with van der Waals surface area (Å²) in [6.07, 6.45) is 0. The molecule has 0 amide bonds. The monoisotopic (exact) mass is 275 g/mol. The number of halogens is 2. The first-order valence-electron chi connectivity index (χ1n) is 4.70. The van der Waals surface area contributed by atoms with Crippen LogP contribution >= 0.6 is 15.9 Å². The summed E-state index contributed by atoms with van der Waals surface area (Å²) in [6, 6.07) is 4.05. The highest BCUT2D eigenvalue weighted by Gasteiger charge is 2.28. The number of aliphatic hydroxyl groups is 1. The first-order chi connectivity index (χ1) is 6.88. The number of hydrogen-bond acceptors (Lipinski definition) is 2. The minimum absolute atomic E-state index is 0.0159. The topological polar surface area (TPSA) is 46.2 Å². The van der Waals surface area contributed by atoms with E-state index in [1.165, 1.54) is 12.1 Å². The zero-order chi connectivity index (χ0) is 11.6. The van der Waals surface area contributed by atoms with Crippen molar-refractivity contribution in [3.63, 3.8) is 0 Å². The van der Waals surface area contributed by atoms with Crippen molar-refractivity contribution >= 4 is 15.9 Å². The summed E-state index contributed by atoms with van der Waals surface area (Å²) in [5.41, 5.74) is 6.39. The Balaban J connectivity index is 3.06. The van der Waals surface area contributed by atoms with E-state index in [4.69, 9.17) is 5.73 Å². The Morgan fingerprint density at radius 2 is 2.13 bits per heavy atom. The molecule has 0 aliphatic carbocycles. The third-order valence-corrected chi connectivity index (χ3v) is 3.23. The molecule has 0 spiro atoms. The molecule has 15 heavy (non-hydrogen) atoms. The van der Waals surface area contributed by atoms with Gasteiger partial charge in [-0.15, -0.1) is 0 Å². The molecule has 1 rings (SSSR count). The SMILES string of the molecule is CC(C)(CO)[C@@H](N)c1ccc(F)cc1Br. The molecule has 0 saturated carbocycles. The van der Waals surface area contributed by atoms with Crippen molar-refractivity contribution in [1.29, 1.82) is 0 Å². The largest absolute Gasteiger partial charge is 0.396 e. The highest BCUT2D eigenvalue weighted by atomic mass is 79.9. The molecule has 4 heteroatoms. The zero-order valence-corrected chi connectivity index (χ0v) is 10.4. The van der Waals surface area contributed by atoms with Crippen molar-refractivity contribution < 1.29 is 9.50 Å². The molecule has 0 aliphatic rings. The van der Waals surface area contributed by atoms with E-state index < -0.39 is 5.41 Å². The lowest BCUT2D eigenvalue weighted by molar-refractivity contribution is 0.132. The molecule has 0 saturated heterocycles. The molecule has 0 bridgehead atoms. The standard InChI is InChI=1S/C11H15BrFNO/c1-11(2,6-15)10(14)8-4-3-7(13)5-9(8)12/h3-5,10,15H,6,14H2,1-2H3/t10-/m0/s1. The van der Waals surface area contributed by atoms with Gasteiger partial charge in [-0.05, 0) is 17.7 Å². The second-order valence-electron chi connectivity index (χ2n) is 4.29. The van der Waals surface area contributed by atoms with Crippen LogP contribution in [0.3, 0.4) is 0 Å².